The van der Waals surface area contributed by atoms with Crippen LogP contribution in [-0.4, -0.2) is 35.9 Å². The third kappa shape index (κ3) is 4.33. The van der Waals surface area contributed by atoms with Gasteiger partial charge in [-0.25, -0.2) is 9.79 Å². The second-order valence-electron chi connectivity index (χ2n) is 9.10. The van der Waals surface area contributed by atoms with Gasteiger partial charge in [-0.15, -0.1) is 11.8 Å². The summed E-state index contributed by atoms with van der Waals surface area (Å²) in [6.45, 7) is 6.39. The summed E-state index contributed by atoms with van der Waals surface area (Å²) in [7, 11) is 0. The van der Waals surface area contributed by atoms with Crippen molar-refractivity contribution in [3.8, 4) is 0 Å². The average molecular weight is 548 g/mol. The summed E-state index contributed by atoms with van der Waals surface area (Å²) in [6.07, 6.45) is 3.81. The Kier molecular flexibility index (Phi) is 7.40. The van der Waals surface area contributed by atoms with Crippen LogP contribution >= 0.6 is 23.1 Å². The number of carbonyl (C=O) groups is 2. The second-order valence-corrected chi connectivity index (χ2v) is 11.0. The molecule has 3 heterocycles. The number of anilines is 1. The lowest BCUT2D eigenvalue weighted by molar-refractivity contribution is -0.139. The number of benzene rings is 2. The van der Waals surface area contributed by atoms with Crippen LogP contribution in [-0.2, 0) is 14.3 Å². The highest BCUT2D eigenvalue weighted by molar-refractivity contribution is 7.98. The molecule has 0 spiro atoms. The number of thioether (sulfide) groups is 1. The molecule has 0 fully saturated rings. The molecule has 0 unspecified atom stereocenters. The van der Waals surface area contributed by atoms with E-state index in [0.29, 0.717) is 32.7 Å². The molecule has 0 bridgehead atoms. The number of aromatic nitrogens is 1. The molecule has 7 nitrogen and oxygen atoms in total. The maximum absolute atomic E-state index is 14.2. The summed E-state index contributed by atoms with van der Waals surface area (Å²) >= 11 is 2.81. The minimum Gasteiger partial charge on any atom is -0.463 e. The van der Waals surface area contributed by atoms with Crippen LogP contribution < -0.4 is 19.8 Å². The molecule has 0 N–H and O–H groups in total. The topological polar surface area (TPSA) is 81.0 Å². The molecule has 0 radical (unpaired) electrons. The van der Waals surface area contributed by atoms with Gasteiger partial charge in [-0.05, 0) is 50.3 Å². The van der Waals surface area contributed by atoms with E-state index in [-0.39, 0.29) is 18.1 Å². The summed E-state index contributed by atoms with van der Waals surface area (Å²) in [5.41, 5.74) is 3.24. The van der Waals surface area contributed by atoms with Gasteiger partial charge in [0.15, 0.2) is 4.80 Å². The van der Waals surface area contributed by atoms with E-state index >= 15 is 0 Å². The van der Waals surface area contributed by atoms with E-state index in [2.05, 4.69) is 11.9 Å². The van der Waals surface area contributed by atoms with Gasteiger partial charge in [0.1, 0.15) is 4.53 Å². The molecule has 1 amide bonds. The summed E-state index contributed by atoms with van der Waals surface area (Å²) in [5, 5.41) is 0. The molecule has 2 aromatic carbocycles. The Balaban J connectivity index is 1.77. The average Bonchev–Trinajstić information content (AvgIpc) is 3.38. The van der Waals surface area contributed by atoms with E-state index < -0.39 is 12.0 Å². The Hall–Kier alpha value is -3.43. The first-order valence-corrected chi connectivity index (χ1v) is 14.7. The standard InChI is InChI=1S/C29H29N3O4S2/c1-5-7-16-31-21-11-9-8-10-20(21)23(26(31)33)25-27(34)32-24(18-12-14-19(37-4)15-13-18)22(28(35)36-6-2)17(3)30-29(32)38-25/h8-15,24H,5-7,16H2,1-4H3/b25-23+/t24-/m1/s1. The maximum Gasteiger partial charge on any atom is 0.338 e. The van der Waals surface area contributed by atoms with Gasteiger partial charge >= 0.3 is 5.97 Å². The van der Waals surface area contributed by atoms with Crippen molar-refractivity contribution >= 4 is 46.2 Å². The fourth-order valence-corrected chi connectivity index (χ4v) is 6.53. The monoisotopic (exact) mass is 547 g/mol. The molecule has 1 aromatic heterocycles. The lowest BCUT2D eigenvalue weighted by Crippen LogP contribution is -2.41. The van der Waals surface area contributed by atoms with E-state index in [9.17, 15) is 14.4 Å². The van der Waals surface area contributed by atoms with Crippen LogP contribution in [0.2, 0.25) is 0 Å². The van der Waals surface area contributed by atoms with E-state index in [1.54, 1.807) is 35.1 Å². The minimum absolute atomic E-state index is 0.174. The number of allylic oxidation sites excluding steroid dienone is 1. The number of para-hydroxylation sites is 1. The molecule has 5 rings (SSSR count). The molecule has 2 aliphatic rings. The molecule has 0 saturated carbocycles. The SMILES string of the molecule is CCCCN1C(=O)/C(=c2/sc3n(c2=O)[C@H](c2ccc(SC)cc2)C(C(=O)OCC)=C(C)N=3)c2ccccc21. The first-order chi connectivity index (χ1) is 18.4. The van der Waals surface area contributed by atoms with E-state index in [4.69, 9.17) is 4.74 Å². The minimum atomic E-state index is -0.710. The van der Waals surface area contributed by atoms with Gasteiger partial charge in [0.2, 0.25) is 0 Å². The van der Waals surface area contributed by atoms with Crippen molar-refractivity contribution in [1.82, 2.24) is 4.57 Å². The molecule has 0 saturated heterocycles. The molecule has 38 heavy (non-hydrogen) atoms. The Morgan fingerprint density at radius 2 is 1.84 bits per heavy atom. The van der Waals surface area contributed by atoms with Gasteiger partial charge in [-0.2, -0.15) is 0 Å². The van der Waals surface area contributed by atoms with Crippen molar-refractivity contribution in [1.29, 1.82) is 0 Å². The summed E-state index contributed by atoms with van der Waals surface area (Å²) in [4.78, 5) is 49.0. The number of rotatable bonds is 7. The van der Waals surface area contributed by atoms with Crippen LogP contribution in [0.4, 0.5) is 5.69 Å². The number of unbranched alkanes of at least 4 members (excludes halogenated alkanes) is 1. The van der Waals surface area contributed by atoms with Gasteiger partial charge in [0.25, 0.3) is 11.5 Å². The molecular formula is C29H29N3O4S2. The van der Waals surface area contributed by atoms with Gasteiger partial charge in [-0.3, -0.25) is 14.2 Å². The van der Waals surface area contributed by atoms with Crippen LogP contribution in [0.3, 0.4) is 0 Å². The normalized spacial score (nSPS) is 17.8. The van der Waals surface area contributed by atoms with Gasteiger partial charge in [0.05, 0.1) is 35.2 Å². The molecule has 0 aliphatic carbocycles. The predicted molar refractivity (Wildman–Crippen MR) is 151 cm³/mol. The highest BCUT2D eigenvalue weighted by atomic mass is 32.2. The number of amides is 1. The number of esters is 1. The number of hydrogen-bond acceptors (Lipinski definition) is 7. The van der Waals surface area contributed by atoms with Crippen molar-refractivity contribution in [2.24, 2.45) is 4.99 Å². The number of hydrogen-bond donors (Lipinski definition) is 0. The van der Waals surface area contributed by atoms with Crippen molar-refractivity contribution in [2.75, 3.05) is 24.3 Å². The van der Waals surface area contributed by atoms with Crippen molar-refractivity contribution in [3.63, 3.8) is 0 Å². The van der Waals surface area contributed by atoms with Gasteiger partial charge < -0.3 is 9.64 Å². The largest absolute Gasteiger partial charge is 0.463 e. The van der Waals surface area contributed by atoms with Crippen LogP contribution in [0.15, 0.2) is 74.5 Å². The third-order valence-electron chi connectivity index (χ3n) is 6.81. The van der Waals surface area contributed by atoms with Crippen molar-refractivity contribution in [3.05, 3.63) is 90.6 Å². The third-order valence-corrected chi connectivity index (χ3v) is 8.61. The Labute approximate surface area is 229 Å². The van der Waals surface area contributed by atoms with E-state index in [1.807, 2.05) is 54.8 Å². The van der Waals surface area contributed by atoms with Crippen LogP contribution in [0.1, 0.15) is 50.8 Å². The fourth-order valence-electron chi connectivity index (χ4n) is 4.98. The number of thiazole rings is 1. The smallest absolute Gasteiger partial charge is 0.338 e. The highest BCUT2D eigenvalue weighted by Gasteiger charge is 2.37. The summed E-state index contributed by atoms with van der Waals surface area (Å²) in [6, 6.07) is 14.7. The zero-order valence-electron chi connectivity index (χ0n) is 21.8. The van der Waals surface area contributed by atoms with Crippen LogP contribution in [0.25, 0.3) is 5.57 Å². The lowest BCUT2D eigenvalue weighted by Gasteiger charge is -2.24. The summed E-state index contributed by atoms with van der Waals surface area (Å²) in [5.74, 6) is -0.675. The molecule has 9 heteroatoms. The summed E-state index contributed by atoms with van der Waals surface area (Å²) < 4.78 is 7.27. The van der Waals surface area contributed by atoms with Crippen LogP contribution in [0, 0.1) is 0 Å². The first kappa shape index (κ1) is 26.2. The zero-order chi connectivity index (χ0) is 27.0. The number of fused-ring (bicyclic) bond motifs is 2. The second kappa shape index (κ2) is 10.7. The Bertz CT molecular complexity index is 1630. The molecular weight excluding hydrogens is 518 g/mol. The van der Waals surface area contributed by atoms with Crippen molar-refractivity contribution in [2.45, 2.75) is 44.6 Å². The van der Waals surface area contributed by atoms with Gasteiger partial charge in [0, 0.05) is 17.0 Å². The molecule has 3 aromatic rings. The van der Waals surface area contributed by atoms with E-state index in [0.717, 1.165) is 34.6 Å². The predicted octanol–water partition coefficient (Wildman–Crippen LogP) is 4.04. The fraction of sp³-hybridized carbons (Fsp3) is 0.310. The number of ether oxygens (including phenoxy) is 1. The van der Waals surface area contributed by atoms with E-state index in [1.165, 1.54) is 11.3 Å². The maximum atomic E-state index is 14.2. The Morgan fingerprint density at radius 3 is 2.53 bits per heavy atom. The first-order valence-electron chi connectivity index (χ1n) is 12.7. The Morgan fingerprint density at radius 1 is 1.11 bits per heavy atom. The number of carbonyl (C=O) groups excluding carboxylic acids is 2. The molecule has 1 atom stereocenters. The highest BCUT2D eigenvalue weighted by Crippen LogP contribution is 2.36. The lowest BCUT2D eigenvalue weighted by atomic mass is 9.96. The zero-order valence-corrected chi connectivity index (χ0v) is 23.4. The van der Waals surface area contributed by atoms with Crippen molar-refractivity contribution < 1.29 is 14.3 Å². The van der Waals surface area contributed by atoms with Crippen LogP contribution in [0.5, 0.6) is 0 Å². The van der Waals surface area contributed by atoms with Gasteiger partial charge in [-0.1, -0.05) is 55.0 Å². The molecule has 196 valence electrons. The molecule has 2 aliphatic heterocycles. The quantitative estimate of drug-likeness (QED) is 0.330. The number of nitrogens with zero attached hydrogens (tertiary/aromatic N) is 3.